The number of aliphatic hydroxyl groups excluding tert-OH is 3. The molecule has 1 aromatic rings. The maximum atomic E-state index is 14.7. The predicted octanol–water partition coefficient (Wildman–Crippen LogP) is 6.33. The van der Waals surface area contributed by atoms with Crippen molar-refractivity contribution in [3.63, 3.8) is 0 Å². The lowest BCUT2D eigenvalue weighted by molar-refractivity contribution is -0.179. The molecule has 10 aliphatic carbocycles. The van der Waals surface area contributed by atoms with Crippen LogP contribution in [0.3, 0.4) is 0 Å². The molecule has 4 N–H and O–H groups in total. The van der Waals surface area contributed by atoms with Crippen molar-refractivity contribution >= 4 is 5.78 Å². The molecule has 0 heterocycles. The summed E-state index contributed by atoms with van der Waals surface area (Å²) in [5.41, 5.74) is -0.384. The number of hydrogen-bond acceptors (Lipinski definition) is 6. The lowest BCUT2D eigenvalue weighted by Gasteiger charge is -2.71. The Bertz CT molecular complexity index is 1520. The summed E-state index contributed by atoms with van der Waals surface area (Å²) in [4.78, 5) is 17.1. The molecule has 0 aliphatic heterocycles. The van der Waals surface area contributed by atoms with Crippen LogP contribution in [0.15, 0.2) is 54.1 Å². The molecular formula is C43H59NO5. The average molecular weight is 670 g/mol. The lowest BCUT2D eigenvalue weighted by atomic mass is 9.32. The van der Waals surface area contributed by atoms with E-state index in [4.69, 9.17) is 0 Å². The van der Waals surface area contributed by atoms with E-state index < -0.39 is 22.5 Å². The Kier molecular flexibility index (Phi) is 7.48. The zero-order valence-corrected chi connectivity index (χ0v) is 29.8. The highest BCUT2D eigenvalue weighted by molar-refractivity contribution is 6.10. The van der Waals surface area contributed by atoms with Crippen LogP contribution in [0.4, 0.5) is 0 Å². The third kappa shape index (κ3) is 4.58. The van der Waals surface area contributed by atoms with Crippen molar-refractivity contribution in [1.29, 1.82) is 0 Å². The summed E-state index contributed by atoms with van der Waals surface area (Å²) in [5, 5.41) is 45.0. The largest absolute Gasteiger partial charge is 0.394 e. The molecule has 49 heavy (non-hydrogen) atoms. The summed E-state index contributed by atoms with van der Waals surface area (Å²) >= 11 is 0. The number of nitrogens with zero attached hydrogens (tertiary/aromatic N) is 1. The van der Waals surface area contributed by atoms with Crippen LogP contribution in [0.1, 0.15) is 108 Å². The Balaban J connectivity index is 1.09. The van der Waals surface area contributed by atoms with E-state index in [2.05, 4.69) is 37.0 Å². The van der Waals surface area contributed by atoms with Crippen molar-refractivity contribution in [3.05, 3.63) is 59.7 Å². The second kappa shape index (κ2) is 11.1. The molecule has 6 heteroatoms. The molecule has 2 spiro atoms. The van der Waals surface area contributed by atoms with Gasteiger partial charge >= 0.3 is 0 Å². The fourth-order valence-electron chi connectivity index (χ4n) is 15.2. The van der Waals surface area contributed by atoms with Crippen LogP contribution < -0.4 is 0 Å². The van der Waals surface area contributed by atoms with Gasteiger partial charge in [0.25, 0.3) is 0 Å². The SMILES string of the molecule is C[C@]12CC[C@H]3[C@]4(C=C[C@@]5(C=C4C(=O)c4ccccc4)CC(O)CC[C@]35C)[C@@H]1CC[C@@]2(O)CN(C[C@H](O)CO)CC12CC3CC(CC(C3)C1)C2. The molecule has 9 atom stereocenters. The molecule has 0 radical (unpaired) electrons. The Morgan fingerprint density at radius 1 is 0.857 bits per heavy atom. The van der Waals surface area contributed by atoms with Crippen LogP contribution in [0.25, 0.3) is 0 Å². The summed E-state index contributed by atoms with van der Waals surface area (Å²) in [7, 11) is 0. The molecule has 10 aliphatic rings. The highest BCUT2D eigenvalue weighted by Crippen LogP contribution is 2.78. The van der Waals surface area contributed by atoms with E-state index in [1.807, 2.05) is 30.3 Å². The van der Waals surface area contributed by atoms with E-state index >= 15 is 0 Å². The first-order chi connectivity index (χ1) is 23.4. The maximum Gasteiger partial charge on any atom is 0.189 e. The summed E-state index contributed by atoms with van der Waals surface area (Å²) in [6.45, 7) is 6.27. The van der Waals surface area contributed by atoms with Gasteiger partial charge in [-0.15, -0.1) is 0 Å². The molecule has 1 aromatic carbocycles. The van der Waals surface area contributed by atoms with Crippen LogP contribution >= 0.6 is 0 Å². The molecule has 0 aromatic heterocycles. The smallest absolute Gasteiger partial charge is 0.189 e. The fraction of sp³-hybridized carbons (Fsp3) is 0.744. The number of rotatable bonds is 9. The minimum absolute atomic E-state index is 0.0563. The van der Waals surface area contributed by atoms with E-state index in [-0.39, 0.29) is 46.6 Å². The van der Waals surface area contributed by atoms with Crippen LogP contribution in [0.2, 0.25) is 0 Å². The zero-order chi connectivity index (χ0) is 34.0. The second-order valence-electron chi connectivity index (χ2n) is 19.4. The number of ketones is 1. The van der Waals surface area contributed by atoms with Crippen molar-refractivity contribution < 1.29 is 25.2 Å². The van der Waals surface area contributed by atoms with Gasteiger partial charge in [-0.2, -0.15) is 0 Å². The first kappa shape index (κ1) is 33.0. The third-order valence-electron chi connectivity index (χ3n) is 16.9. The highest BCUT2D eigenvalue weighted by atomic mass is 16.3. The predicted molar refractivity (Wildman–Crippen MR) is 189 cm³/mol. The molecule has 1 unspecified atom stereocenters. The zero-order valence-electron chi connectivity index (χ0n) is 29.8. The summed E-state index contributed by atoms with van der Waals surface area (Å²) < 4.78 is 0. The van der Waals surface area contributed by atoms with Gasteiger partial charge < -0.3 is 20.4 Å². The summed E-state index contributed by atoms with van der Waals surface area (Å²) in [5.74, 6) is 2.95. The van der Waals surface area contributed by atoms with E-state index in [1.54, 1.807) is 0 Å². The Hall–Kier alpha value is -1.83. The van der Waals surface area contributed by atoms with Gasteiger partial charge in [-0.1, -0.05) is 62.4 Å². The van der Waals surface area contributed by atoms with Crippen molar-refractivity contribution in [2.45, 2.75) is 115 Å². The number of aliphatic hydroxyl groups is 4. The lowest BCUT2D eigenvalue weighted by Crippen LogP contribution is -2.67. The summed E-state index contributed by atoms with van der Waals surface area (Å²) in [6, 6.07) is 9.74. The van der Waals surface area contributed by atoms with Gasteiger partial charge in [0, 0.05) is 47.0 Å². The molecule has 11 rings (SSSR count). The van der Waals surface area contributed by atoms with Gasteiger partial charge in [-0.05, 0) is 124 Å². The quantitative estimate of drug-likeness (QED) is 0.181. The van der Waals surface area contributed by atoms with Crippen LogP contribution in [0, 0.1) is 56.7 Å². The molecule has 266 valence electrons. The van der Waals surface area contributed by atoms with E-state index in [1.165, 1.54) is 38.5 Å². The second-order valence-corrected chi connectivity index (χ2v) is 19.4. The van der Waals surface area contributed by atoms with E-state index in [0.29, 0.717) is 25.9 Å². The molecule has 6 nitrogen and oxygen atoms in total. The van der Waals surface area contributed by atoms with Gasteiger partial charge in [0.2, 0.25) is 0 Å². The minimum atomic E-state index is -0.973. The Morgan fingerprint density at radius 2 is 1.49 bits per heavy atom. The van der Waals surface area contributed by atoms with Gasteiger partial charge in [-0.25, -0.2) is 0 Å². The van der Waals surface area contributed by atoms with Crippen LogP contribution in [0.5, 0.6) is 0 Å². The molecule has 0 amide bonds. The van der Waals surface area contributed by atoms with Crippen LogP contribution in [-0.2, 0) is 0 Å². The maximum absolute atomic E-state index is 14.7. The molecule has 6 bridgehead atoms. The standard InChI is InChI=1S/C43H59NO5/c1-38-11-8-32(46)22-41(38)14-15-43(34(23-41)37(48)31-6-4-3-5-7-31)35(38)9-12-39(2)36(43)10-13-42(39,49)27-44(24-33(47)25-45)26-40-19-28-16-29(20-40)18-30(17-28)21-40/h3-7,14-15,23,28-30,32-33,35-36,45-47,49H,8-13,16-22,24-27H2,1-2H3/t28?,29?,30?,32?,33-,35+,36+,38+,39-,40?,41-,42+,43+/m0/s1. The number of fused-ring (bicyclic) bond motifs is 1. The first-order valence-corrected chi connectivity index (χ1v) is 19.8. The Labute approximate surface area is 293 Å². The van der Waals surface area contributed by atoms with Crippen molar-refractivity contribution in [3.8, 4) is 0 Å². The van der Waals surface area contributed by atoms with Crippen molar-refractivity contribution in [2.75, 3.05) is 26.2 Å². The monoisotopic (exact) mass is 669 g/mol. The number of carbonyl (C=O) groups excluding carboxylic acids is 1. The van der Waals surface area contributed by atoms with Gasteiger partial charge in [0.05, 0.1) is 24.4 Å². The fourth-order valence-corrected chi connectivity index (χ4v) is 15.2. The van der Waals surface area contributed by atoms with E-state index in [9.17, 15) is 25.2 Å². The first-order valence-electron chi connectivity index (χ1n) is 19.8. The Morgan fingerprint density at radius 3 is 2.16 bits per heavy atom. The number of hydrogen-bond donors (Lipinski definition) is 4. The number of allylic oxidation sites excluding steroid dienone is 4. The molecular weight excluding hydrogens is 610 g/mol. The van der Waals surface area contributed by atoms with Gasteiger partial charge in [0.15, 0.2) is 5.78 Å². The van der Waals surface area contributed by atoms with Crippen molar-refractivity contribution in [2.24, 2.45) is 56.7 Å². The van der Waals surface area contributed by atoms with E-state index in [0.717, 1.165) is 67.5 Å². The molecule has 0 saturated heterocycles. The third-order valence-corrected chi connectivity index (χ3v) is 16.9. The number of benzene rings is 1. The summed E-state index contributed by atoms with van der Waals surface area (Å²) in [6.07, 6.45) is 19.6. The average Bonchev–Trinajstić information content (AvgIpc) is 3.33. The normalized spacial score (nSPS) is 49.4. The highest BCUT2D eigenvalue weighted by Gasteiger charge is 2.74. The van der Waals surface area contributed by atoms with Gasteiger partial charge in [-0.3, -0.25) is 9.69 Å². The number of carbonyl (C=O) groups is 1. The number of Topliss-reactive ketones (excluding diaryl/α,β-unsaturated/α-hetero) is 1. The molecule has 7 fully saturated rings. The minimum Gasteiger partial charge on any atom is -0.394 e. The van der Waals surface area contributed by atoms with Crippen molar-refractivity contribution in [1.82, 2.24) is 4.90 Å². The topological polar surface area (TPSA) is 101 Å². The van der Waals surface area contributed by atoms with Crippen LogP contribution in [-0.4, -0.2) is 75.2 Å². The molecule has 7 saturated carbocycles. The van der Waals surface area contributed by atoms with Gasteiger partial charge in [0.1, 0.15) is 0 Å².